The van der Waals surface area contributed by atoms with E-state index in [2.05, 4.69) is 21.5 Å². The normalized spacial score (nSPS) is 10.1. The van der Waals surface area contributed by atoms with Crippen molar-refractivity contribution in [1.82, 2.24) is 15.2 Å². The molecule has 0 spiro atoms. The number of rotatable bonds is 4. The van der Waals surface area contributed by atoms with Gasteiger partial charge in [-0.1, -0.05) is 0 Å². The van der Waals surface area contributed by atoms with E-state index in [4.69, 9.17) is 14.2 Å². The molecular weight excluding hydrogens is 222 g/mol. The highest BCUT2D eigenvalue weighted by Gasteiger charge is 2.15. The van der Waals surface area contributed by atoms with Crippen molar-refractivity contribution in [3.8, 4) is 28.6 Å². The van der Waals surface area contributed by atoms with E-state index in [-0.39, 0.29) is 0 Å². The molecule has 2 aromatic rings. The number of H-pyrrole nitrogens is 1. The topological polar surface area (TPSA) is 69.3 Å². The minimum Gasteiger partial charge on any atom is -0.493 e. The molecule has 1 N–H and O–H groups in total. The summed E-state index contributed by atoms with van der Waals surface area (Å²) in [6, 6.07) is 3.55. The molecule has 0 aliphatic carbocycles. The zero-order valence-electron chi connectivity index (χ0n) is 9.77. The quantitative estimate of drug-likeness (QED) is 0.863. The van der Waals surface area contributed by atoms with Crippen LogP contribution in [0.2, 0.25) is 0 Å². The van der Waals surface area contributed by atoms with Gasteiger partial charge >= 0.3 is 0 Å². The number of methoxy groups -OCH3 is 3. The second-order valence-corrected chi connectivity index (χ2v) is 3.18. The Morgan fingerprint density at radius 3 is 2.12 bits per heavy atom. The van der Waals surface area contributed by atoms with Gasteiger partial charge in [0, 0.05) is 5.56 Å². The molecule has 0 saturated carbocycles. The molecule has 0 bridgehead atoms. The largest absolute Gasteiger partial charge is 0.493 e. The number of nitrogens with zero attached hydrogens (tertiary/aromatic N) is 2. The molecule has 0 atom stereocenters. The Balaban J connectivity index is 2.56. The summed E-state index contributed by atoms with van der Waals surface area (Å²) in [5, 5.41) is 6.48. The highest BCUT2D eigenvalue weighted by molar-refractivity contribution is 5.66. The van der Waals surface area contributed by atoms with Crippen LogP contribution in [0.4, 0.5) is 0 Å². The van der Waals surface area contributed by atoms with Crippen molar-refractivity contribution >= 4 is 0 Å². The lowest BCUT2D eigenvalue weighted by molar-refractivity contribution is 0.324. The van der Waals surface area contributed by atoms with E-state index < -0.39 is 0 Å². The standard InChI is InChI=1S/C11H12N3O3/c1-15-8-4-7(11-12-6-13-14-11)5-9(16-2)10(8)17-3/h4-5H,1-3H3,(H,12,13,14). The summed E-state index contributed by atoms with van der Waals surface area (Å²) in [5.74, 6) is 2.18. The van der Waals surface area contributed by atoms with E-state index in [0.717, 1.165) is 5.56 Å². The van der Waals surface area contributed by atoms with E-state index in [1.54, 1.807) is 33.5 Å². The van der Waals surface area contributed by atoms with E-state index in [0.29, 0.717) is 23.1 Å². The Bertz CT molecular complexity index is 472. The maximum Gasteiger partial charge on any atom is 0.203 e. The smallest absolute Gasteiger partial charge is 0.203 e. The fraction of sp³-hybridized carbons (Fsp3) is 0.273. The Kier molecular flexibility index (Phi) is 3.13. The van der Waals surface area contributed by atoms with Crippen molar-refractivity contribution < 1.29 is 14.2 Å². The van der Waals surface area contributed by atoms with Gasteiger partial charge in [-0.25, -0.2) is 4.98 Å². The van der Waals surface area contributed by atoms with E-state index in [1.165, 1.54) is 0 Å². The van der Waals surface area contributed by atoms with Crippen LogP contribution in [0.3, 0.4) is 0 Å². The SMILES string of the molecule is COc1cc(-c2n[c][nH]n2)cc(OC)c1OC. The predicted molar refractivity (Wildman–Crippen MR) is 60.3 cm³/mol. The molecule has 0 unspecified atom stereocenters. The molecule has 1 aromatic heterocycles. The molecule has 0 aliphatic heterocycles. The van der Waals surface area contributed by atoms with Crippen LogP contribution < -0.4 is 14.2 Å². The van der Waals surface area contributed by atoms with Crippen LogP contribution >= 0.6 is 0 Å². The van der Waals surface area contributed by atoms with E-state index in [1.807, 2.05) is 0 Å². The molecule has 6 nitrogen and oxygen atoms in total. The molecule has 0 saturated heterocycles. The van der Waals surface area contributed by atoms with Gasteiger partial charge in [0.15, 0.2) is 23.7 Å². The third-order valence-electron chi connectivity index (χ3n) is 2.30. The molecule has 0 aliphatic rings. The van der Waals surface area contributed by atoms with Gasteiger partial charge in [0.2, 0.25) is 5.75 Å². The Morgan fingerprint density at radius 1 is 1.06 bits per heavy atom. The van der Waals surface area contributed by atoms with Gasteiger partial charge < -0.3 is 14.2 Å². The maximum atomic E-state index is 5.24. The van der Waals surface area contributed by atoms with Crippen LogP contribution in [0.5, 0.6) is 17.2 Å². The fourth-order valence-corrected chi connectivity index (χ4v) is 1.52. The first-order valence-electron chi connectivity index (χ1n) is 4.89. The van der Waals surface area contributed by atoms with Crippen LogP contribution in [0, 0.1) is 6.33 Å². The highest BCUT2D eigenvalue weighted by atomic mass is 16.5. The van der Waals surface area contributed by atoms with Gasteiger partial charge in [-0.15, -0.1) is 0 Å². The molecular formula is C11H12N3O3. The lowest BCUT2D eigenvalue weighted by Gasteiger charge is -2.12. The van der Waals surface area contributed by atoms with Crippen molar-refractivity contribution in [3.05, 3.63) is 18.5 Å². The van der Waals surface area contributed by atoms with E-state index in [9.17, 15) is 0 Å². The first-order valence-corrected chi connectivity index (χ1v) is 4.89. The molecule has 1 heterocycles. The Hall–Kier alpha value is -2.24. The Labute approximate surface area is 98.5 Å². The molecule has 6 heteroatoms. The number of benzene rings is 1. The number of aromatic amines is 1. The number of ether oxygens (including phenoxy) is 3. The first-order chi connectivity index (χ1) is 8.30. The zero-order chi connectivity index (χ0) is 12.3. The number of hydrogen-bond donors (Lipinski definition) is 1. The van der Waals surface area contributed by atoms with Gasteiger partial charge in [0.25, 0.3) is 0 Å². The summed E-state index contributed by atoms with van der Waals surface area (Å²) < 4.78 is 15.7. The van der Waals surface area contributed by atoms with Gasteiger partial charge in [-0.3, -0.25) is 5.10 Å². The predicted octanol–water partition coefficient (Wildman–Crippen LogP) is 1.30. The monoisotopic (exact) mass is 234 g/mol. The summed E-state index contributed by atoms with van der Waals surface area (Å²) in [6.07, 6.45) is 2.53. The second-order valence-electron chi connectivity index (χ2n) is 3.18. The molecule has 17 heavy (non-hydrogen) atoms. The average Bonchev–Trinajstić information content (AvgIpc) is 2.90. The Morgan fingerprint density at radius 2 is 1.71 bits per heavy atom. The zero-order valence-corrected chi connectivity index (χ0v) is 9.77. The van der Waals surface area contributed by atoms with Crippen LogP contribution in [-0.2, 0) is 0 Å². The summed E-state index contributed by atoms with van der Waals surface area (Å²) in [5.41, 5.74) is 0.761. The van der Waals surface area contributed by atoms with Crippen LogP contribution in [0.1, 0.15) is 0 Å². The van der Waals surface area contributed by atoms with Crippen molar-refractivity contribution in [2.24, 2.45) is 0 Å². The minimum absolute atomic E-state index is 0.518. The second kappa shape index (κ2) is 4.73. The molecule has 1 aromatic carbocycles. The lowest BCUT2D eigenvalue weighted by Crippen LogP contribution is -1.96. The van der Waals surface area contributed by atoms with E-state index >= 15 is 0 Å². The van der Waals surface area contributed by atoms with Crippen molar-refractivity contribution in [1.29, 1.82) is 0 Å². The molecule has 1 radical (unpaired) electrons. The maximum absolute atomic E-state index is 5.24. The fourth-order valence-electron chi connectivity index (χ4n) is 1.52. The third-order valence-corrected chi connectivity index (χ3v) is 2.30. The highest BCUT2D eigenvalue weighted by Crippen LogP contribution is 2.40. The van der Waals surface area contributed by atoms with Gasteiger partial charge in [-0.05, 0) is 12.1 Å². The third kappa shape index (κ3) is 2.01. The van der Waals surface area contributed by atoms with Crippen LogP contribution in [0.25, 0.3) is 11.4 Å². The van der Waals surface area contributed by atoms with Crippen molar-refractivity contribution in [3.63, 3.8) is 0 Å². The van der Waals surface area contributed by atoms with Gasteiger partial charge in [-0.2, -0.15) is 5.10 Å². The van der Waals surface area contributed by atoms with Crippen molar-refractivity contribution in [2.75, 3.05) is 21.3 Å². The number of hydrogen-bond acceptors (Lipinski definition) is 5. The van der Waals surface area contributed by atoms with Gasteiger partial charge in [0.05, 0.1) is 21.3 Å². The molecule has 0 fully saturated rings. The summed E-state index contributed by atoms with van der Waals surface area (Å²) in [6.45, 7) is 0. The number of nitrogens with one attached hydrogen (secondary N) is 1. The first kappa shape index (κ1) is 11.3. The molecule has 0 amide bonds. The molecule has 2 rings (SSSR count). The lowest BCUT2D eigenvalue weighted by atomic mass is 10.1. The van der Waals surface area contributed by atoms with Crippen molar-refractivity contribution in [2.45, 2.75) is 0 Å². The van der Waals surface area contributed by atoms with Crippen LogP contribution in [0.15, 0.2) is 12.1 Å². The summed E-state index contributed by atoms with van der Waals surface area (Å²) in [4.78, 5) is 3.95. The number of aromatic nitrogens is 3. The summed E-state index contributed by atoms with van der Waals surface area (Å²) in [7, 11) is 4.68. The summed E-state index contributed by atoms with van der Waals surface area (Å²) >= 11 is 0. The average molecular weight is 234 g/mol. The molecule has 89 valence electrons. The van der Waals surface area contributed by atoms with Crippen LogP contribution in [-0.4, -0.2) is 36.5 Å². The van der Waals surface area contributed by atoms with Gasteiger partial charge in [0.1, 0.15) is 0 Å². The minimum atomic E-state index is 0.518.